The molecule has 0 spiro atoms. The summed E-state index contributed by atoms with van der Waals surface area (Å²) in [6, 6.07) is 0. The summed E-state index contributed by atoms with van der Waals surface area (Å²) in [6.45, 7) is 13.2. The van der Waals surface area contributed by atoms with Crippen LogP contribution in [0.5, 0.6) is 0 Å². The number of rotatable bonds is 6. The van der Waals surface area contributed by atoms with Crippen LogP contribution in [0.4, 0.5) is 0 Å². The standard InChI is InChI=1S/C22H34N4O/c1-4-21(27)26-13-6-18(7-14-26)5-10-25-11-8-19(9-12-25)20-15-23-22(17(2)3)24-16-20/h4,15-19H,1,5-14H2,2-3H3. The van der Waals surface area contributed by atoms with Crippen molar-refractivity contribution in [3.05, 3.63) is 36.4 Å². The summed E-state index contributed by atoms with van der Waals surface area (Å²) in [6.07, 6.45) is 11.5. The van der Waals surface area contributed by atoms with Crippen molar-refractivity contribution in [1.29, 1.82) is 0 Å². The van der Waals surface area contributed by atoms with Crippen molar-refractivity contribution in [3.63, 3.8) is 0 Å². The zero-order valence-electron chi connectivity index (χ0n) is 16.9. The Balaban J connectivity index is 1.37. The molecule has 27 heavy (non-hydrogen) atoms. The van der Waals surface area contributed by atoms with Crippen molar-refractivity contribution in [2.45, 2.75) is 57.8 Å². The first-order chi connectivity index (χ1) is 13.1. The molecule has 0 radical (unpaired) electrons. The molecule has 3 rings (SSSR count). The second-order valence-electron chi connectivity index (χ2n) is 8.41. The van der Waals surface area contributed by atoms with Crippen LogP contribution in [0, 0.1) is 5.92 Å². The lowest BCUT2D eigenvalue weighted by Gasteiger charge is -2.35. The second-order valence-corrected chi connectivity index (χ2v) is 8.41. The van der Waals surface area contributed by atoms with Gasteiger partial charge in [0.15, 0.2) is 0 Å². The molecule has 0 atom stereocenters. The van der Waals surface area contributed by atoms with E-state index >= 15 is 0 Å². The van der Waals surface area contributed by atoms with Gasteiger partial charge in [-0.25, -0.2) is 9.97 Å². The van der Waals surface area contributed by atoms with Crippen LogP contribution in [-0.4, -0.2) is 58.4 Å². The molecule has 5 nitrogen and oxygen atoms in total. The molecule has 2 fully saturated rings. The van der Waals surface area contributed by atoms with E-state index in [1.807, 2.05) is 17.3 Å². The Bertz CT molecular complexity index is 612. The summed E-state index contributed by atoms with van der Waals surface area (Å²) in [5, 5.41) is 0. The molecule has 0 aromatic carbocycles. The molecular formula is C22H34N4O. The van der Waals surface area contributed by atoms with Gasteiger partial charge < -0.3 is 9.80 Å². The van der Waals surface area contributed by atoms with Gasteiger partial charge in [0.25, 0.3) is 0 Å². The van der Waals surface area contributed by atoms with Crippen LogP contribution in [0.15, 0.2) is 25.0 Å². The Kier molecular flexibility index (Phi) is 7.00. The molecule has 0 bridgehead atoms. The Labute approximate surface area is 163 Å². The minimum Gasteiger partial charge on any atom is -0.339 e. The maximum absolute atomic E-state index is 11.7. The maximum Gasteiger partial charge on any atom is 0.245 e. The van der Waals surface area contributed by atoms with Gasteiger partial charge >= 0.3 is 0 Å². The third-order valence-corrected chi connectivity index (χ3v) is 6.22. The molecule has 1 aromatic rings. The fourth-order valence-electron chi connectivity index (χ4n) is 4.28. The van der Waals surface area contributed by atoms with Gasteiger partial charge in [-0.15, -0.1) is 0 Å². The lowest BCUT2D eigenvalue weighted by molar-refractivity contribution is -0.127. The molecule has 0 saturated carbocycles. The molecule has 0 unspecified atom stereocenters. The van der Waals surface area contributed by atoms with E-state index < -0.39 is 0 Å². The minimum atomic E-state index is 0.0842. The third-order valence-electron chi connectivity index (χ3n) is 6.22. The molecule has 3 heterocycles. The smallest absolute Gasteiger partial charge is 0.245 e. The van der Waals surface area contributed by atoms with E-state index in [-0.39, 0.29) is 5.91 Å². The van der Waals surface area contributed by atoms with Crippen LogP contribution < -0.4 is 0 Å². The van der Waals surface area contributed by atoms with Crippen LogP contribution in [0.25, 0.3) is 0 Å². The van der Waals surface area contributed by atoms with Crippen LogP contribution >= 0.6 is 0 Å². The van der Waals surface area contributed by atoms with Crippen LogP contribution in [0.1, 0.15) is 69.2 Å². The predicted octanol–water partition coefficient (Wildman–Crippen LogP) is 3.59. The van der Waals surface area contributed by atoms with E-state index in [1.165, 1.54) is 50.5 Å². The molecular weight excluding hydrogens is 336 g/mol. The summed E-state index contributed by atoms with van der Waals surface area (Å²) >= 11 is 0. The number of amides is 1. The van der Waals surface area contributed by atoms with Crippen LogP contribution in [-0.2, 0) is 4.79 Å². The average Bonchev–Trinajstić information content (AvgIpc) is 2.72. The Hall–Kier alpha value is -1.75. The van der Waals surface area contributed by atoms with Crippen molar-refractivity contribution in [2.75, 3.05) is 32.7 Å². The quantitative estimate of drug-likeness (QED) is 0.718. The van der Waals surface area contributed by atoms with Crippen molar-refractivity contribution < 1.29 is 4.79 Å². The summed E-state index contributed by atoms with van der Waals surface area (Å²) < 4.78 is 0. The number of carbonyl (C=O) groups is 1. The fraction of sp³-hybridized carbons (Fsp3) is 0.682. The number of piperidine rings is 2. The monoisotopic (exact) mass is 370 g/mol. The van der Waals surface area contributed by atoms with Crippen LogP contribution in [0.2, 0.25) is 0 Å². The van der Waals surface area contributed by atoms with E-state index in [0.29, 0.717) is 11.8 Å². The van der Waals surface area contributed by atoms with Crippen molar-refractivity contribution >= 4 is 5.91 Å². The first-order valence-electron chi connectivity index (χ1n) is 10.5. The number of hydrogen-bond acceptors (Lipinski definition) is 4. The van der Waals surface area contributed by atoms with Gasteiger partial charge in [-0.05, 0) is 75.2 Å². The van der Waals surface area contributed by atoms with Crippen molar-refractivity contribution in [2.24, 2.45) is 5.92 Å². The van der Waals surface area contributed by atoms with E-state index in [1.54, 1.807) is 0 Å². The Morgan fingerprint density at radius 2 is 1.78 bits per heavy atom. The molecule has 148 valence electrons. The fourth-order valence-corrected chi connectivity index (χ4v) is 4.28. The second kappa shape index (κ2) is 9.45. The number of likely N-dealkylation sites (tertiary alicyclic amines) is 2. The van der Waals surface area contributed by atoms with E-state index in [2.05, 4.69) is 35.3 Å². The lowest BCUT2D eigenvalue weighted by Crippen LogP contribution is -2.39. The van der Waals surface area contributed by atoms with Crippen molar-refractivity contribution in [1.82, 2.24) is 19.8 Å². The zero-order chi connectivity index (χ0) is 19.2. The SMILES string of the molecule is C=CC(=O)N1CCC(CCN2CCC(c3cnc(C(C)C)nc3)CC2)CC1. The maximum atomic E-state index is 11.7. The molecule has 0 N–H and O–H groups in total. The first-order valence-corrected chi connectivity index (χ1v) is 10.5. The normalized spacial score (nSPS) is 20.2. The van der Waals surface area contributed by atoms with Gasteiger partial charge in [0.1, 0.15) is 5.82 Å². The van der Waals surface area contributed by atoms with Crippen LogP contribution in [0.3, 0.4) is 0 Å². The zero-order valence-corrected chi connectivity index (χ0v) is 16.9. The highest BCUT2D eigenvalue weighted by Crippen LogP contribution is 2.28. The summed E-state index contributed by atoms with van der Waals surface area (Å²) in [5.74, 6) is 2.78. The van der Waals surface area contributed by atoms with Gasteiger partial charge in [-0.3, -0.25) is 4.79 Å². The van der Waals surface area contributed by atoms with E-state index in [0.717, 1.165) is 37.7 Å². The van der Waals surface area contributed by atoms with Gasteiger partial charge in [-0.1, -0.05) is 20.4 Å². The van der Waals surface area contributed by atoms with Gasteiger partial charge in [-0.2, -0.15) is 0 Å². The number of nitrogens with zero attached hydrogens (tertiary/aromatic N) is 4. The summed E-state index contributed by atoms with van der Waals surface area (Å²) in [5.41, 5.74) is 1.30. The van der Waals surface area contributed by atoms with E-state index in [4.69, 9.17) is 0 Å². The number of aromatic nitrogens is 2. The average molecular weight is 371 g/mol. The molecule has 2 saturated heterocycles. The largest absolute Gasteiger partial charge is 0.339 e. The highest BCUT2D eigenvalue weighted by Gasteiger charge is 2.24. The topological polar surface area (TPSA) is 49.3 Å². The molecule has 0 aliphatic carbocycles. The number of hydrogen-bond donors (Lipinski definition) is 0. The Morgan fingerprint density at radius 3 is 2.33 bits per heavy atom. The van der Waals surface area contributed by atoms with Gasteiger partial charge in [0.05, 0.1) is 0 Å². The first kappa shape index (κ1) is 20.0. The van der Waals surface area contributed by atoms with Gasteiger partial charge in [0.2, 0.25) is 5.91 Å². The van der Waals surface area contributed by atoms with E-state index in [9.17, 15) is 4.79 Å². The minimum absolute atomic E-state index is 0.0842. The summed E-state index contributed by atoms with van der Waals surface area (Å²) in [4.78, 5) is 25.3. The number of carbonyl (C=O) groups excluding carboxylic acids is 1. The Morgan fingerprint density at radius 1 is 1.15 bits per heavy atom. The molecule has 1 amide bonds. The molecule has 2 aliphatic heterocycles. The summed E-state index contributed by atoms with van der Waals surface area (Å²) in [7, 11) is 0. The molecule has 2 aliphatic rings. The molecule has 5 heteroatoms. The highest BCUT2D eigenvalue weighted by atomic mass is 16.2. The lowest BCUT2D eigenvalue weighted by atomic mass is 9.90. The van der Waals surface area contributed by atoms with Gasteiger partial charge in [0, 0.05) is 31.4 Å². The third kappa shape index (κ3) is 5.38. The predicted molar refractivity (Wildman–Crippen MR) is 109 cm³/mol. The van der Waals surface area contributed by atoms with Crippen molar-refractivity contribution in [3.8, 4) is 0 Å². The molecule has 1 aromatic heterocycles. The highest BCUT2D eigenvalue weighted by molar-refractivity contribution is 5.87.